The smallest absolute Gasteiger partial charge is 0.289 e. The summed E-state index contributed by atoms with van der Waals surface area (Å²) in [5.41, 5.74) is 0.493. The molecule has 0 saturated carbocycles. The Morgan fingerprint density at radius 1 is 1.20 bits per heavy atom. The Kier molecular flexibility index (Phi) is 5.53. The molecule has 1 fully saturated rings. The summed E-state index contributed by atoms with van der Waals surface area (Å²) in [7, 11) is 0. The van der Waals surface area contributed by atoms with Gasteiger partial charge in [0, 0.05) is 35.1 Å². The number of piperazine rings is 1. The van der Waals surface area contributed by atoms with Crippen LogP contribution in [0.15, 0.2) is 27.1 Å². The fraction of sp³-hybridized carbons (Fsp3) is 0.538. The van der Waals surface area contributed by atoms with Crippen LogP contribution in [0.2, 0.25) is 0 Å². The molecular weight excluding hydrogens is 398 g/mol. The summed E-state index contributed by atoms with van der Waals surface area (Å²) in [4.78, 5) is 1.72. The van der Waals surface area contributed by atoms with Crippen molar-refractivity contribution in [2.45, 2.75) is 12.0 Å². The molecule has 1 saturated heterocycles. The topological polar surface area (TPSA) is 35.5 Å². The van der Waals surface area contributed by atoms with Crippen molar-refractivity contribution in [1.82, 2.24) is 10.2 Å². The fourth-order valence-corrected chi connectivity index (χ4v) is 3.81. The van der Waals surface area contributed by atoms with Gasteiger partial charge in [-0.05, 0) is 23.8 Å². The third-order valence-corrected chi connectivity index (χ3v) is 4.24. The highest BCUT2D eigenvalue weighted by molar-refractivity contribution is 9.11. The van der Waals surface area contributed by atoms with Gasteiger partial charge in [-0.25, -0.2) is 8.78 Å². The first-order valence-corrected chi connectivity index (χ1v) is 7.92. The summed E-state index contributed by atoms with van der Waals surface area (Å²) in [5.74, 6) is -3.18. The second-order valence-corrected chi connectivity index (χ2v) is 6.64. The number of alkyl halides is 2. The maximum Gasteiger partial charge on any atom is 0.289 e. The molecule has 1 heterocycles. The van der Waals surface area contributed by atoms with Gasteiger partial charge >= 0.3 is 0 Å². The third kappa shape index (κ3) is 3.76. The van der Waals surface area contributed by atoms with Gasteiger partial charge in [-0.1, -0.05) is 31.9 Å². The van der Waals surface area contributed by atoms with Gasteiger partial charge in [-0.3, -0.25) is 4.90 Å². The van der Waals surface area contributed by atoms with Crippen molar-refractivity contribution in [1.29, 1.82) is 0 Å². The van der Waals surface area contributed by atoms with Gasteiger partial charge in [0.15, 0.2) is 0 Å². The van der Waals surface area contributed by atoms with Crippen LogP contribution in [0.3, 0.4) is 0 Å². The van der Waals surface area contributed by atoms with Crippen molar-refractivity contribution in [3.05, 3.63) is 32.7 Å². The Balaban J connectivity index is 2.39. The minimum atomic E-state index is -3.18. The molecule has 0 aromatic heterocycles. The van der Waals surface area contributed by atoms with E-state index in [-0.39, 0.29) is 0 Å². The largest absolute Gasteiger partial charge is 0.390 e. The monoisotopic (exact) mass is 412 g/mol. The summed E-state index contributed by atoms with van der Waals surface area (Å²) in [6, 6.07) is 4.04. The molecule has 3 nitrogen and oxygen atoms in total. The minimum Gasteiger partial charge on any atom is -0.390 e. The maximum atomic E-state index is 14.2. The first kappa shape index (κ1) is 16.3. The number of benzene rings is 1. The molecule has 112 valence electrons. The molecule has 0 radical (unpaired) electrons. The number of nitrogens with one attached hydrogen (secondary N) is 1. The first-order chi connectivity index (χ1) is 9.44. The zero-order chi connectivity index (χ0) is 14.8. The van der Waals surface area contributed by atoms with Crippen LogP contribution in [0.4, 0.5) is 8.78 Å². The van der Waals surface area contributed by atoms with Gasteiger partial charge in [0.1, 0.15) is 12.6 Å². The highest BCUT2D eigenvalue weighted by Crippen LogP contribution is 2.38. The number of rotatable bonds is 4. The van der Waals surface area contributed by atoms with Crippen LogP contribution in [0.1, 0.15) is 11.6 Å². The molecule has 1 aromatic carbocycles. The average molecular weight is 414 g/mol. The van der Waals surface area contributed by atoms with Gasteiger partial charge in [0.05, 0.1) is 0 Å². The van der Waals surface area contributed by atoms with Crippen molar-refractivity contribution in [2.24, 2.45) is 0 Å². The quantitative estimate of drug-likeness (QED) is 0.796. The Labute approximate surface area is 133 Å². The summed E-state index contributed by atoms with van der Waals surface area (Å²) in [6.07, 6.45) is 0. The third-order valence-electron chi connectivity index (χ3n) is 3.33. The average Bonchev–Trinajstić information content (AvgIpc) is 2.39. The summed E-state index contributed by atoms with van der Waals surface area (Å²) < 4.78 is 29.9. The van der Waals surface area contributed by atoms with Gasteiger partial charge in [0.2, 0.25) is 0 Å². The van der Waals surface area contributed by atoms with Crippen molar-refractivity contribution >= 4 is 31.9 Å². The second kappa shape index (κ2) is 6.79. The molecule has 0 bridgehead atoms. The van der Waals surface area contributed by atoms with E-state index in [9.17, 15) is 8.78 Å². The SMILES string of the molecule is OCC(F)(F)[C@@H](c1cc(Br)cc(Br)c1)N1CCNCC1. The van der Waals surface area contributed by atoms with E-state index in [0.29, 0.717) is 31.7 Å². The number of hydrogen-bond acceptors (Lipinski definition) is 3. The van der Waals surface area contributed by atoms with E-state index in [1.807, 2.05) is 0 Å². The van der Waals surface area contributed by atoms with Crippen LogP contribution in [0, 0.1) is 0 Å². The van der Waals surface area contributed by atoms with E-state index in [1.165, 1.54) is 0 Å². The minimum absolute atomic E-state index is 0.493. The second-order valence-electron chi connectivity index (χ2n) is 4.81. The number of aliphatic hydroxyl groups is 1. The Morgan fingerprint density at radius 2 is 1.75 bits per heavy atom. The van der Waals surface area contributed by atoms with Crippen molar-refractivity contribution in [3.8, 4) is 0 Å². The number of hydrogen-bond donors (Lipinski definition) is 2. The standard InChI is InChI=1S/C13H16Br2F2N2O/c14-10-5-9(6-11(15)7-10)12(13(16,17)8-20)19-3-1-18-2-4-19/h5-7,12,18,20H,1-4,8H2/t12-/m1/s1. The molecule has 7 heteroatoms. The molecular formula is C13H16Br2F2N2O. The van der Waals surface area contributed by atoms with Gasteiger partial charge in [0.25, 0.3) is 5.92 Å². The van der Waals surface area contributed by atoms with E-state index >= 15 is 0 Å². The molecule has 20 heavy (non-hydrogen) atoms. The van der Waals surface area contributed by atoms with E-state index in [1.54, 1.807) is 23.1 Å². The molecule has 0 spiro atoms. The van der Waals surface area contributed by atoms with E-state index in [0.717, 1.165) is 8.95 Å². The van der Waals surface area contributed by atoms with Crippen molar-refractivity contribution < 1.29 is 13.9 Å². The molecule has 2 N–H and O–H groups in total. The molecule has 0 amide bonds. The van der Waals surface area contributed by atoms with Gasteiger partial charge in [-0.15, -0.1) is 0 Å². The molecule has 1 aliphatic heterocycles. The zero-order valence-corrected chi connectivity index (χ0v) is 13.9. The molecule has 1 aromatic rings. The van der Waals surface area contributed by atoms with Crippen LogP contribution in [-0.2, 0) is 0 Å². The zero-order valence-electron chi connectivity index (χ0n) is 10.8. The number of aliphatic hydroxyl groups excluding tert-OH is 1. The Hall–Kier alpha value is -0.0800. The highest BCUT2D eigenvalue weighted by atomic mass is 79.9. The summed E-state index contributed by atoms with van der Waals surface area (Å²) >= 11 is 6.65. The number of halogens is 4. The Bertz CT molecular complexity index is 447. The van der Waals surface area contributed by atoms with Crippen LogP contribution < -0.4 is 5.32 Å². The van der Waals surface area contributed by atoms with E-state index in [2.05, 4.69) is 37.2 Å². The molecule has 2 rings (SSSR count). The molecule has 1 aliphatic rings. The summed E-state index contributed by atoms with van der Waals surface area (Å²) in [6.45, 7) is 1.25. The van der Waals surface area contributed by atoms with Crippen molar-refractivity contribution in [2.75, 3.05) is 32.8 Å². The lowest BCUT2D eigenvalue weighted by molar-refractivity contribution is -0.118. The lowest BCUT2D eigenvalue weighted by Gasteiger charge is -2.38. The highest BCUT2D eigenvalue weighted by Gasteiger charge is 2.44. The van der Waals surface area contributed by atoms with Gasteiger partial charge < -0.3 is 10.4 Å². The summed E-state index contributed by atoms with van der Waals surface area (Å²) in [5, 5.41) is 12.2. The predicted molar refractivity (Wildman–Crippen MR) is 81.1 cm³/mol. The van der Waals surface area contributed by atoms with Gasteiger partial charge in [-0.2, -0.15) is 0 Å². The molecule has 0 unspecified atom stereocenters. The fourth-order valence-electron chi connectivity index (χ4n) is 2.48. The van der Waals surface area contributed by atoms with E-state index in [4.69, 9.17) is 5.11 Å². The normalized spacial score (nSPS) is 19.1. The van der Waals surface area contributed by atoms with E-state index < -0.39 is 18.6 Å². The Morgan fingerprint density at radius 3 is 2.25 bits per heavy atom. The number of nitrogens with zero attached hydrogens (tertiary/aromatic N) is 1. The molecule has 0 aliphatic carbocycles. The molecule has 1 atom stereocenters. The van der Waals surface area contributed by atoms with Crippen LogP contribution in [-0.4, -0.2) is 48.7 Å². The lowest BCUT2D eigenvalue weighted by atomic mass is 9.98. The van der Waals surface area contributed by atoms with Crippen molar-refractivity contribution in [3.63, 3.8) is 0 Å². The van der Waals surface area contributed by atoms with Crippen LogP contribution >= 0.6 is 31.9 Å². The lowest BCUT2D eigenvalue weighted by Crippen LogP contribution is -2.51. The predicted octanol–water partition coefficient (Wildman–Crippen LogP) is 2.79. The first-order valence-electron chi connectivity index (χ1n) is 6.33. The van der Waals surface area contributed by atoms with Crippen LogP contribution in [0.25, 0.3) is 0 Å². The maximum absolute atomic E-state index is 14.2. The van der Waals surface area contributed by atoms with Crippen LogP contribution in [0.5, 0.6) is 0 Å².